The second kappa shape index (κ2) is 7.54. The molecular formula is C18H9F5N2O5. The summed E-state index contributed by atoms with van der Waals surface area (Å²) in [7, 11) is 0. The van der Waals surface area contributed by atoms with Crippen molar-refractivity contribution in [1.29, 1.82) is 0 Å². The third-order valence-electron chi connectivity index (χ3n) is 4.11. The van der Waals surface area contributed by atoms with E-state index in [4.69, 9.17) is 0 Å². The fourth-order valence-electron chi connectivity index (χ4n) is 2.76. The normalized spacial score (nSPS) is 11.0. The summed E-state index contributed by atoms with van der Waals surface area (Å²) >= 11 is 0. The zero-order chi connectivity index (χ0) is 22.3. The molecule has 0 saturated carbocycles. The summed E-state index contributed by atoms with van der Waals surface area (Å²) in [5, 5.41) is 10.3. The van der Waals surface area contributed by atoms with Gasteiger partial charge in [-0.1, -0.05) is 0 Å². The van der Waals surface area contributed by atoms with Gasteiger partial charge in [-0.25, -0.2) is 22.4 Å². The number of nitro groups is 1. The van der Waals surface area contributed by atoms with Crippen LogP contribution < -0.4 is 5.43 Å². The Labute approximate surface area is 163 Å². The van der Waals surface area contributed by atoms with Gasteiger partial charge in [-0.15, -0.1) is 0 Å². The van der Waals surface area contributed by atoms with Gasteiger partial charge in [0.2, 0.25) is 17.1 Å². The quantitative estimate of drug-likeness (QED) is 0.207. The minimum Gasteiger partial charge on any atom is -0.462 e. The van der Waals surface area contributed by atoms with Crippen LogP contribution in [0.4, 0.5) is 27.6 Å². The molecule has 3 rings (SSSR count). The molecular weight excluding hydrogens is 419 g/mol. The lowest BCUT2D eigenvalue weighted by Crippen LogP contribution is -2.21. The second-order valence-electron chi connectivity index (χ2n) is 5.86. The molecule has 156 valence electrons. The predicted octanol–water partition coefficient (Wildman–Crippen LogP) is 3.77. The third-order valence-corrected chi connectivity index (χ3v) is 4.11. The molecule has 0 radical (unpaired) electrons. The van der Waals surface area contributed by atoms with Gasteiger partial charge >= 0.3 is 11.7 Å². The highest BCUT2D eigenvalue weighted by Crippen LogP contribution is 2.30. The summed E-state index contributed by atoms with van der Waals surface area (Å²) in [5.74, 6) is -10.4. The second-order valence-corrected chi connectivity index (χ2v) is 5.86. The Morgan fingerprint density at radius 3 is 2.30 bits per heavy atom. The fraction of sp³-hybridized carbons (Fsp3) is 0.111. The molecule has 0 saturated heterocycles. The lowest BCUT2D eigenvalue weighted by molar-refractivity contribution is -0.387. The largest absolute Gasteiger partial charge is 0.462 e. The number of rotatable bonds is 4. The maximum atomic E-state index is 14.5. The van der Waals surface area contributed by atoms with E-state index in [1.54, 1.807) is 0 Å². The summed E-state index contributed by atoms with van der Waals surface area (Å²) in [5.41, 5.74) is -4.94. The molecule has 0 bridgehead atoms. The van der Waals surface area contributed by atoms with E-state index in [0.29, 0.717) is 22.9 Å². The van der Waals surface area contributed by atoms with Crippen LogP contribution in [0.5, 0.6) is 0 Å². The number of pyridine rings is 1. The Morgan fingerprint density at radius 1 is 1.07 bits per heavy atom. The summed E-state index contributed by atoms with van der Waals surface area (Å²) in [6.07, 6.45) is 0.611. The number of carbonyl (C=O) groups excluding carboxylic acids is 1. The number of fused-ring (bicyclic) bond motifs is 1. The Bertz CT molecular complexity index is 1290. The van der Waals surface area contributed by atoms with Crippen molar-refractivity contribution in [2.45, 2.75) is 6.92 Å². The molecule has 0 N–H and O–H groups in total. The number of halogens is 5. The first-order valence-corrected chi connectivity index (χ1v) is 8.12. The Morgan fingerprint density at radius 2 is 1.70 bits per heavy atom. The molecule has 2 aromatic carbocycles. The van der Waals surface area contributed by atoms with Gasteiger partial charge < -0.3 is 9.30 Å². The average molecular weight is 428 g/mol. The van der Waals surface area contributed by atoms with E-state index in [0.717, 1.165) is 0 Å². The highest BCUT2D eigenvalue weighted by atomic mass is 19.2. The first-order valence-electron chi connectivity index (χ1n) is 8.12. The fourth-order valence-corrected chi connectivity index (χ4v) is 2.76. The summed E-state index contributed by atoms with van der Waals surface area (Å²) in [4.78, 5) is 34.3. The van der Waals surface area contributed by atoms with E-state index in [1.165, 1.54) is 6.92 Å². The SMILES string of the molecule is CCOC(=O)c1cn(-c2cc([N+](=O)[O-])c(F)c(F)c2F)c2cc(F)c(F)cc2c1=O. The van der Waals surface area contributed by atoms with Crippen molar-refractivity contribution < 1.29 is 36.4 Å². The first-order chi connectivity index (χ1) is 14.1. The molecule has 0 aliphatic rings. The van der Waals surface area contributed by atoms with Crippen LogP contribution in [0.15, 0.2) is 29.2 Å². The van der Waals surface area contributed by atoms with Crippen LogP contribution in [0.1, 0.15) is 17.3 Å². The van der Waals surface area contributed by atoms with Gasteiger partial charge in [0, 0.05) is 18.3 Å². The number of hydrogen-bond acceptors (Lipinski definition) is 5. The number of esters is 1. The highest BCUT2D eigenvalue weighted by Gasteiger charge is 2.28. The predicted molar refractivity (Wildman–Crippen MR) is 91.9 cm³/mol. The molecule has 0 aliphatic heterocycles. The van der Waals surface area contributed by atoms with Crippen molar-refractivity contribution in [3.05, 3.63) is 79.4 Å². The number of hydrogen-bond donors (Lipinski definition) is 0. The lowest BCUT2D eigenvalue weighted by Gasteiger charge is -2.15. The van der Waals surface area contributed by atoms with Crippen LogP contribution in [-0.4, -0.2) is 22.1 Å². The van der Waals surface area contributed by atoms with Crippen molar-refractivity contribution in [3.63, 3.8) is 0 Å². The summed E-state index contributed by atoms with van der Waals surface area (Å²) in [6.45, 7) is 1.23. The average Bonchev–Trinajstić information content (AvgIpc) is 2.68. The summed E-state index contributed by atoms with van der Waals surface area (Å²) in [6, 6.07) is 1.14. The van der Waals surface area contributed by atoms with Crippen molar-refractivity contribution in [3.8, 4) is 5.69 Å². The Balaban J connectivity index is 2.51. The van der Waals surface area contributed by atoms with Crippen molar-refractivity contribution >= 4 is 22.6 Å². The van der Waals surface area contributed by atoms with E-state index in [-0.39, 0.29) is 12.7 Å². The topological polar surface area (TPSA) is 91.4 Å². The smallest absolute Gasteiger partial charge is 0.343 e. The minimum atomic E-state index is -2.22. The number of ether oxygens (including phenoxy) is 1. The monoisotopic (exact) mass is 428 g/mol. The van der Waals surface area contributed by atoms with Gasteiger partial charge in [0.15, 0.2) is 17.5 Å². The molecule has 7 nitrogen and oxygen atoms in total. The van der Waals surface area contributed by atoms with Crippen molar-refractivity contribution in [1.82, 2.24) is 4.57 Å². The van der Waals surface area contributed by atoms with E-state index in [9.17, 15) is 41.7 Å². The zero-order valence-electron chi connectivity index (χ0n) is 14.8. The van der Waals surface area contributed by atoms with Crippen LogP contribution in [0.25, 0.3) is 16.6 Å². The number of aromatic nitrogens is 1. The van der Waals surface area contributed by atoms with Gasteiger partial charge in [-0.2, -0.15) is 4.39 Å². The van der Waals surface area contributed by atoms with Gasteiger partial charge in [-0.3, -0.25) is 14.9 Å². The molecule has 1 heterocycles. The molecule has 0 fully saturated rings. The zero-order valence-corrected chi connectivity index (χ0v) is 14.8. The van der Waals surface area contributed by atoms with Crippen LogP contribution >= 0.6 is 0 Å². The van der Waals surface area contributed by atoms with Gasteiger partial charge in [0.1, 0.15) is 5.56 Å². The lowest BCUT2D eigenvalue weighted by atomic mass is 10.1. The molecule has 0 unspecified atom stereocenters. The van der Waals surface area contributed by atoms with Crippen LogP contribution in [0.2, 0.25) is 0 Å². The molecule has 0 aliphatic carbocycles. The maximum Gasteiger partial charge on any atom is 0.343 e. The number of nitro benzene ring substituents is 1. The van der Waals surface area contributed by atoms with Crippen LogP contribution in [0, 0.1) is 39.2 Å². The van der Waals surface area contributed by atoms with Gasteiger partial charge in [0.05, 0.1) is 28.1 Å². The van der Waals surface area contributed by atoms with E-state index in [1.807, 2.05) is 0 Å². The Kier molecular flexibility index (Phi) is 5.25. The van der Waals surface area contributed by atoms with Gasteiger partial charge in [0.25, 0.3) is 0 Å². The van der Waals surface area contributed by atoms with Crippen LogP contribution in [0.3, 0.4) is 0 Å². The standard InChI is InChI=1S/C18H9F5N2O5/c1-2-30-18(27)8-6-24(11-4-10(20)9(19)3-7(11)17(8)26)12-5-13(25(28)29)15(22)16(23)14(12)21/h3-6H,2H2,1H3. The molecule has 0 atom stereocenters. The van der Waals surface area contributed by atoms with Gasteiger partial charge in [-0.05, 0) is 13.0 Å². The molecule has 0 amide bonds. The van der Waals surface area contributed by atoms with E-state index in [2.05, 4.69) is 4.74 Å². The molecule has 3 aromatic rings. The maximum absolute atomic E-state index is 14.5. The molecule has 1 aromatic heterocycles. The van der Waals surface area contributed by atoms with Crippen molar-refractivity contribution in [2.24, 2.45) is 0 Å². The molecule has 12 heteroatoms. The third kappa shape index (κ3) is 3.25. The summed E-state index contributed by atoms with van der Waals surface area (Å²) < 4.78 is 74.8. The Hall–Kier alpha value is -3.83. The van der Waals surface area contributed by atoms with Crippen LogP contribution in [-0.2, 0) is 4.74 Å². The highest BCUT2D eigenvalue weighted by molar-refractivity contribution is 5.94. The first kappa shape index (κ1) is 20.9. The molecule has 30 heavy (non-hydrogen) atoms. The van der Waals surface area contributed by atoms with E-state index < -0.39 is 73.2 Å². The minimum absolute atomic E-state index is 0.181. The number of benzene rings is 2. The number of carbonyl (C=O) groups is 1. The van der Waals surface area contributed by atoms with E-state index >= 15 is 0 Å². The number of nitrogens with zero attached hydrogens (tertiary/aromatic N) is 2. The van der Waals surface area contributed by atoms with Crippen molar-refractivity contribution in [2.75, 3.05) is 6.61 Å². The molecule has 0 spiro atoms.